The number of hydrogen-bond donors (Lipinski definition) is 2. The summed E-state index contributed by atoms with van der Waals surface area (Å²) < 4.78 is 18.0. The van der Waals surface area contributed by atoms with Crippen LogP contribution in [0.5, 0.6) is 6.01 Å². The van der Waals surface area contributed by atoms with Crippen molar-refractivity contribution in [2.45, 2.75) is 94.5 Å². The van der Waals surface area contributed by atoms with Crippen molar-refractivity contribution >= 4 is 22.9 Å². The average Bonchev–Trinajstić information content (AvgIpc) is 3.64. The second-order valence-electron chi connectivity index (χ2n) is 10.6. The Hall–Kier alpha value is -4.76. The predicted octanol–water partition coefficient (Wildman–Crippen LogP) is 2.52. The Morgan fingerprint density at radius 2 is 1.31 bits per heavy atom. The Morgan fingerprint density at radius 1 is 0.735 bits per heavy atom. The number of ether oxygens (including phenoxy) is 2. The van der Waals surface area contributed by atoms with E-state index in [1.54, 1.807) is 4.57 Å². The van der Waals surface area contributed by atoms with Gasteiger partial charge in [-0.15, -0.1) is 0 Å². The van der Waals surface area contributed by atoms with Gasteiger partial charge in [0.1, 0.15) is 5.82 Å². The third kappa shape index (κ3) is 8.46. The number of aryl methyl sites for hydroxylation is 1. The highest BCUT2D eigenvalue weighted by Gasteiger charge is 2.26. The number of aliphatic hydroxyl groups excluding tert-OH is 2. The molecular formula is C34H51N7O8. The van der Waals surface area contributed by atoms with Crippen LogP contribution in [-0.2, 0) is 43.9 Å². The molecule has 49 heavy (non-hydrogen) atoms. The minimum Gasteiger partial charge on any atom is -0.481 e. The Bertz CT molecular complexity index is 1950. The zero-order valence-corrected chi connectivity index (χ0v) is 27.3. The van der Waals surface area contributed by atoms with Crippen LogP contribution in [0.3, 0.4) is 0 Å². The zero-order chi connectivity index (χ0) is 34.1. The lowest BCUT2D eigenvalue weighted by molar-refractivity contribution is 0.277. The van der Waals surface area contributed by atoms with Gasteiger partial charge in [0, 0.05) is 39.4 Å². The summed E-state index contributed by atoms with van der Waals surface area (Å²) in [7, 11) is 0. The fraction of sp³-hybridized carbons (Fsp3) is 0.529. The van der Waals surface area contributed by atoms with Crippen LogP contribution in [0, 0.1) is 0 Å². The van der Waals surface area contributed by atoms with E-state index in [1.165, 1.54) is 18.3 Å². The van der Waals surface area contributed by atoms with Crippen LogP contribution in [0.1, 0.15) is 66.5 Å². The largest absolute Gasteiger partial charge is 0.481 e. The molecule has 0 spiro atoms. The van der Waals surface area contributed by atoms with Crippen LogP contribution >= 0.6 is 0 Å². The predicted molar refractivity (Wildman–Crippen MR) is 191 cm³/mol. The van der Waals surface area contributed by atoms with Crippen molar-refractivity contribution < 1.29 is 19.7 Å². The van der Waals surface area contributed by atoms with Gasteiger partial charge in [0.2, 0.25) is 0 Å². The zero-order valence-electron chi connectivity index (χ0n) is 27.3. The third-order valence-corrected chi connectivity index (χ3v) is 7.61. The number of imidazole rings is 1. The lowest BCUT2D eigenvalue weighted by atomic mass is 10.2. The van der Waals surface area contributed by atoms with E-state index >= 15 is 0 Å². The summed E-state index contributed by atoms with van der Waals surface area (Å²) in [4.78, 5) is 59.2. The van der Waals surface area contributed by atoms with Crippen molar-refractivity contribution in [3.8, 4) is 6.01 Å². The van der Waals surface area contributed by atoms with Crippen molar-refractivity contribution in [2.75, 3.05) is 26.4 Å². The molecule has 0 bridgehead atoms. The molecule has 5 rings (SSSR count). The lowest BCUT2D eigenvalue weighted by Crippen LogP contribution is -2.41. The number of hydrogen-bond acceptors (Lipinski definition) is 10. The standard InChI is InChI=1S/C19H24N4O4.C13H19N3O4.2CH4/c1-3-21-16-15(17(25)22(19(21)26)11-8-12-24)23(18(20-16)27-4-2)13-14-9-6-5-7-10-14;1-3-15-11-9(8-10(14-11)20-4-2)12(18)16(13(15)19)6-5-7-17;;/h5-7,9-10,24H,3-4,8,11-13H2,1-2H3;17H,3-8H2,1-2H3;2*1H4. The van der Waals surface area contributed by atoms with E-state index in [0.717, 1.165) is 5.56 Å². The second kappa shape index (κ2) is 18.7. The molecule has 1 aliphatic rings. The second-order valence-corrected chi connectivity index (χ2v) is 10.6. The average molecular weight is 686 g/mol. The van der Waals surface area contributed by atoms with Gasteiger partial charge in [-0.1, -0.05) is 45.2 Å². The highest BCUT2D eigenvalue weighted by atomic mass is 16.5. The summed E-state index contributed by atoms with van der Waals surface area (Å²) in [6.45, 7) is 9.66. The van der Waals surface area contributed by atoms with E-state index in [2.05, 4.69) is 9.98 Å². The maximum absolute atomic E-state index is 13.1. The molecule has 0 fully saturated rings. The normalized spacial score (nSPS) is 11.6. The van der Waals surface area contributed by atoms with E-state index in [4.69, 9.17) is 19.7 Å². The topological polar surface area (TPSA) is 177 Å². The molecule has 15 nitrogen and oxygen atoms in total. The fourth-order valence-electron chi connectivity index (χ4n) is 5.43. The molecule has 1 aromatic carbocycles. The Morgan fingerprint density at radius 3 is 1.86 bits per heavy atom. The van der Waals surface area contributed by atoms with Crippen LogP contribution in [0.2, 0.25) is 0 Å². The number of benzene rings is 1. The molecule has 0 atom stereocenters. The van der Waals surface area contributed by atoms with Crippen LogP contribution < -0.4 is 27.2 Å². The van der Waals surface area contributed by atoms with E-state index in [-0.39, 0.29) is 52.4 Å². The van der Waals surface area contributed by atoms with Gasteiger partial charge in [0.05, 0.1) is 31.7 Å². The molecule has 0 saturated carbocycles. The Balaban J connectivity index is 0.000000340. The molecule has 0 radical (unpaired) electrons. The van der Waals surface area contributed by atoms with E-state index < -0.39 is 11.2 Å². The highest BCUT2D eigenvalue weighted by molar-refractivity contribution is 5.86. The first-order valence-electron chi connectivity index (χ1n) is 15.9. The van der Waals surface area contributed by atoms with Gasteiger partial charge in [0.15, 0.2) is 17.1 Å². The van der Waals surface area contributed by atoms with Gasteiger partial charge in [-0.25, -0.2) is 9.59 Å². The van der Waals surface area contributed by atoms with Gasteiger partial charge < -0.3 is 19.7 Å². The fourth-order valence-corrected chi connectivity index (χ4v) is 5.43. The maximum atomic E-state index is 13.1. The number of fused-ring (bicyclic) bond motifs is 2. The molecule has 1 aliphatic heterocycles. The summed E-state index contributed by atoms with van der Waals surface area (Å²) in [6.07, 6.45) is 1.02. The lowest BCUT2D eigenvalue weighted by Gasteiger charge is -2.11. The number of rotatable bonds is 13. The summed E-state index contributed by atoms with van der Waals surface area (Å²) in [5, 5.41) is 18.0. The minimum atomic E-state index is -0.421. The van der Waals surface area contributed by atoms with Gasteiger partial charge in [0.25, 0.3) is 17.1 Å². The number of aliphatic imine (C=N–C) groups is 1. The molecule has 2 N–H and O–H groups in total. The van der Waals surface area contributed by atoms with E-state index in [0.29, 0.717) is 86.6 Å². The van der Waals surface area contributed by atoms with Gasteiger partial charge in [-0.3, -0.25) is 32.4 Å². The Kier molecular flexibility index (Phi) is 15.4. The molecule has 15 heteroatoms. The van der Waals surface area contributed by atoms with E-state index in [9.17, 15) is 19.2 Å². The first-order valence-corrected chi connectivity index (χ1v) is 15.9. The first kappa shape index (κ1) is 40.4. The molecule has 270 valence electrons. The molecule has 0 aliphatic carbocycles. The molecule has 4 heterocycles. The maximum Gasteiger partial charge on any atom is 0.332 e. The molecule has 0 amide bonds. The summed E-state index contributed by atoms with van der Waals surface area (Å²) in [6, 6.07) is 10.0. The quantitative estimate of drug-likeness (QED) is 0.214. The number of aromatic nitrogens is 6. The smallest absolute Gasteiger partial charge is 0.332 e. The van der Waals surface area contributed by atoms with Crippen molar-refractivity contribution in [2.24, 2.45) is 4.99 Å². The van der Waals surface area contributed by atoms with Crippen LogP contribution in [0.25, 0.3) is 11.2 Å². The highest BCUT2D eigenvalue weighted by Crippen LogP contribution is 2.23. The molecule has 0 saturated heterocycles. The van der Waals surface area contributed by atoms with Crippen molar-refractivity contribution in [1.29, 1.82) is 0 Å². The van der Waals surface area contributed by atoms with E-state index in [1.807, 2.05) is 58.0 Å². The van der Waals surface area contributed by atoms with Crippen molar-refractivity contribution in [3.63, 3.8) is 0 Å². The summed E-state index contributed by atoms with van der Waals surface area (Å²) in [5.41, 5.74) is 0.598. The summed E-state index contributed by atoms with van der Waals surface area (Å²) in [5.74, 6) is 0.882. The first-order chi connectivity index (χ1) is 22.8. The molecule has 3 aromatic heterocycles. The van der Waals surface area contributed by atoms with Gasteiger partial charge in [-0.05, 0) is 46.1 Å². The van der Waals surface area contributed by atoms with Gasteiger partial charge >= 0.3 is 11.4 Å². The monoisotopic (exact) mass is 685 g/mol. The molecular weight excluding hydrogens is 634 g/mol. The van der Waals surface area contributed by atoms with Crippen LogP contribution in [-0.4, -0.2) is 70.4 Å². The SMILES string of the molecule is C.C.CCOC1=Nc2c(c(=O)n(CCCO)c(=O)n2CC)C1.CCOc1nc2c(c(=O)n(CCCO)c(=O)n2CC)n1Cc1ccccc1. The van der Waals surface area contributed by atoms with Crippen molar-refractivity contribution in [3.05, 3.63) is 83.1 Å². The third-order valence-electron chi connectivity index (χ3n) is 7.61. The number of nitrogens with zero attached hydrogens (tertiary/aromatic N) is 7. The van der Waals surface area contributed by atoms with Crippen LogP contribution in [0.4, 0.5) is 5.82 Å². The minimum absolute atomic E-state index is 0. The molecule has 0 unspecified atom stereocenters. The Labute approximate surface area is 285 Å². The van der Waals surface area contributed by atoms with Crippen molar-refractivity contribution in [1.82, 2.24) is 27.8 Å². The summed E-state index contributed by atoms with van der Waals surface area (Å²) >= 11 is 0. The van der Waals surface area contributed by atoms with Crippen LogP contribution in [0.15, 0.2) is 54.5 Å². The molecule has 4 aromatic rings. The van der Waals surface area contributed by atoms with Gasteiger partial charge in [-0.2, -0.15) is 9.98 Å². The number of aliphatic hydroxyl groups is 2.